The number of hydrogen-bond donors (Lipinski definition) is 1. The van der Waals surface area contributed by atoms with Crippen molar-refractivity contribution >= 4 is 52.3 Å². The molecule has 7 nitrogen and oxygen atoms in total. The molecule has 162 valence electrons. The SMILES string of the molecule is COC(=O)c1sccc1NC(=O)CSc1nnc(-c2ccccc2Cl)n1C1CCCC1. The van der Waals surface area contributed by atoms with Crippen LogP contribution in [0.2, 0.25) is 5.02 Å². The molecule has 0 unspecified atom stereocenters. The van der Waals surface area contributed by atoms with Gasteiger partial charge in [0, 0.05) is 11.6 Å². The van der Waals surface area contributed by atoms with Crippen molar-refractivity contribution in [1.29, 1.82) is 0 Å². The zero-order valence-corrected chi connectivity index (χ0v) is 19.2. The van der Waals surface area contributed by atoms with Crippen molar-refractivity contribution in [2.24, 2.45) is 0 Å². The second-order valence-corrected chi connectivity index (χ2v) is 9.35. The number of thioether (sulfide) groups is 1. The minimum atomic E-state index is -0.469. The van der Waals surface area contributed by atoms with Gasteiger partial charge < -0.3 is 10.1 Å². The fourth-order valence-electron chi connectivity index (χ4n) is 3.67. The van der Waals surface area contributed by atoms with Crippen LogP contribution < -0.4 is 5.32 Å². The highest BCUT2D eigenvalue weighted by atomic mass is 35.5. The minimum absolute atomic E-state index is 0.143. The Bertz CT molecular complexity index is 1090. The Morgan fingerprint density at radius 2 is 2.03 bits per heavy atom. The van der Waals surface area contributed by atoms with Crippen LogP contribution in [0.25, 0.3) is 11.4 Å². The highest BCUT2D eigenvalue weighted by molar-refractivity contribution is 7.99. The maximum Gasteiger partial charge on any atom is 0.350 e. The van der Waals surface area contributed by atoms with Crippen LogP contribution in [0.5, 0.6) is 0 Å². The minimum Gasteiger partial charge on any atom is -0.465 e. The number of carbonyl (C=O) groups excluding carboxylic acids is 2. The van der Waals surface area contributed by atoms with Crippen LogP contribution in [0.3, 0.4) is 0 Å². The van der Waals surface area contributed by atoms with Crippen LogP contribution in [0.4, 0.5) is 5.69 Å². The standard InChI is InChI=1S/C21H21ClN4O3S2/c1-29-20(28)18-16(10-11-30-18)23-17(27)12-31-21-25-24-19(14-8-4-5-9-15(14)22)26(21)13-6-2-3-7-13/h4-5,8-11,13H,2-3,6-7,12H2,1H3,(H,23,27). The lowest BCUT2D eigenvalue weighted by Crippen LogP contribution is -2.16. The van der Waals surface area contributed by atoms with Gasteiger partial charge in [0.15, 0.2) is 11.0 Å². The Labute approximate surface area is 193 Å². The summed E-state index contributed by atoms with van der Waals surface area (Å²) in [4.78, 5) is 24.7. The summed E-state index contributed by atoms with van der Waals surface area (Å²) in [5.41, 5.74) is 1.29. The third-order valence-electron chi connectivity index (χ3n) is 5.11. The first-order valence-corrected chi connectivity index (χ1v) is 12.1. The van der Waals surface area contributed by atoms with E-state index in [0.29, 0.717) is 20.7 Å². The largest absolute Gasteiger partial charge is 0.465 e. The summed E-state index contributed by atoms with van der Waals surface area (Å²) in [5.74, 6) is 0.174. The van der Waals surface area contributed by atoms with E-state index in [9.17, 15) is 9.59 Å². The number of methoxy groups -OCH3 is 1. The Hall–Kier alpha value is -2.36. The van der Waals surface area contributed by atoms with Gasteiger partial charge in [-0.2, -0.15) is 0 Å². The fourth-order valence-corrected chi connectivity index (χ4v) is 5.46. The topological polar surface area (TPSA) is 86.1 Å². The lowest BCUT2D eigenvalue weighted by atomic mass is 10.2. The molecule has 0 aliphatic heterocycles. The first-order valence-electron chi connectivity index (χ1n) is 9.86. The van der Waals surface area contributed by atoms with Gasteiger partial charge in [-0.3, -0.25) is 9.36 Å². The molecule has 31 heavy (non-hydrogen) atoms. The summed E-state index contributed by atoms with van der Waals surface area (Å²) in [6.07, 6.45) is 4.41. The summed E-state index contributed by atoms with van der Waals surface area (Å²) >= 11 is 8.97. The summed E-state index contributed by atoms with van der Waals surface area (Å²) in [6.45, 7) is 0. The molecule has 1 aliphatic carbocycles. The van der Waals surface area contributed by atoms with Gasteiger partial charge in [0.05, 0.1) is 23.6 Å². The molecule has 2 aromatic heterocycles. The quantitative estimate of drug-likeness (QED) is 0.368. The maximum absolute atomic E-state index is 12.6. The van der Waals surface area contributed by atoms with E-state index in [1.54, 1.807) is 11.4 Å². The molecule has 0 bridgehead atoms. The molecule has 2 heterocycles. The zero-order valence-electron chi connectivity index (χ0n) is 16.8. The van der Waals surface area contributed by atoms with Crippen molar-refractivity contribution < 1.29 is 14.3 Å². The zero-order chi connectivity index (χ0) is 21.8. The van der Waals surface area contributed by atoms with Gasteiger partial charge >= 0.3 is 5.97 Å². The van der Waals surface area contributed by atoms with Crippen LogP contribution in [0.15, 0.2) is 40.9 Å². The summed E-state index contributed by atoms with van der Waals surface area (Å²) in [5, 5.41) is 14.6. The lowest BCUT2D eigenvalue weighted by molar-refractivity contribution is -0.113. The molecule has 1 N–H and O–H groups in total. The molecule has 0 saturated heterocycles. The smallest absolute Gasteiger partial charge is 0.350 e. The van der Waals surface area contributed by atoms with Gasteiger partial charge in [0.2, 0.25) is 5.91 Å². The van der Waals surface area contributed by atoms with E-state index in [-0.39, 0.29) is 17.7 Å². The number of anilines is 1. The molecule has 4 rings (SSSR count). The second-order valence-electron chi connectivity index (χ2n) is 7.09. The fraction of sp³-hybridized carbons (Fsp3) is 0.333. The average Bonchev–Trinajstić information content (AvgIpc) is 3.52. The number of rotatable bonds is 7. The van der Waals surface area contributed by atoms with E-state index < -0.39 is 5.97 Å². The maximum atomic E-state index is 12.6. The number of amides is 1. The molecule has 10 heteroatoms. The molecule has 0 atom stereocenters. The number of esters is 1. The normalized spacial score (nSPS) is 14.0. The van der Waals surface area contributed by atoms with E-state index in [1.165, 1.54) is 30.2 Å². The molecule has 1 aliphatic rings. The van der Waals surface area contributed by atoms with Crippen LogP contribution in [0.1, 0.15) is 41.4 Å². The second kappa shape index (κ2) is 9.84. The van der Waals surface area contributed by atoms with Crippen LogP contribution in [0, 0.1) is 0 Å². The number of benzene rings is 1. The monoisotopic (exact) mass is 476 g/mol. The van der Waals surface area contributed by atoms with Crippen molar-refractivity contribution in [3.05, 3.63) is 45.6 Å². The lowest BCUT2D eigenvalue weighted by Gasteiger charge is -2.17. The molecule has 1 fully saturated rings. The number of carbonyl (C=O) groups is 2. The Morgan fingerprint density at radius 3 is 2.77 bits per heavy atom. The molecular formula is C21H21ClN4O3S2. The van der Waals surface area contributed by atoms with Gasteiger partial charge in [-0.05, 0) is 36.4 Å². The highest BCUT2D eigenvalue weighted by Crippen LogP contribution is 2.38. The Balaban J connectivity index is 1.52. The number of halogens is 1. The Morgan fingerprint density at radius 1 is 1.26 bits per heavy atom. The predicted molar refractivity (Wildman–Crippen MR) is 123 cm³/mol. The highest BCUT2D eigenvalue weighted by Gasteiger charge is 2.26. The summed E-state index contributed by atoms with van der Waals surface area (Å²) < 4.78 is 6.88. The van der Waals surface area contributed by atoms with Crippen LogP contribution in [-0.4, -0.2) is 39.5 Å². The summed E-state index contributed by atoms with van der Waals surface area (Å²) in [7, 11) is 1.32. The molecular weight excluding hydrogens is 456 g/mol. The average molecular weight is 477 g/mol. The van der Waals surface area contributed by atoms with Crippen LogP contribution >= 0.6 is 34.7 Å². The summed E-state index contributed by atoms with van der Waals surface area (Å²) in [6, 6.07) is 9.56. The van der Waals surface area contributed by atoms with Crippen molar-refractivity contribution in [1.82, 2.24) is 14.8 Å². The van der Waals surface area contributed by atoms with Crippen molar-refractivity contribution in [2.75, 3.05) is 18.2 Å². The van der Waals surface area contributed by atoms with Gasteiger partial charge in [0.1, 0.15) is 4.88 Å². The first kappa shape index (κ1) is 21.9. The molecule has 3 aromatic rings. The van der Waals surface area contributed by atoms with Crippen molar-refractivity contribution in [3.63, 3.8) is 0 Å². The van der Waals surface area contributed by atoms with E-state index in [1.807, 2.05) is 24.3 Å². The van der Waals surface area contributed by atoms with E-state index in [2.05, 4.69) is 20.1 Å². The number of hydrogen-bond acceptors (Lipinski definition) is 7. The third kappa shape index (κ3) is 4.78. The van der Waals surface area contributed by atoms with Crippen LogP contribution in [-0.2, 0) is 9.53 Å². The molecule has 1 amide bonds. The van der Waals surface area contributed by atoms with Gasteiger partial charge in [-0.25, -0.2) is 4.79 Å². The van der Waals surface area contributed by atoms with E-state index in [4.69, 9.17) is 16.3 Å². The van der Waals surface area contributed by atoms with Gasteiger partial charge in [-0.1, -0.05) is 48.3 Å². The first-order chi connectivity index (χ1) is 15.1. The molecule has 1 saturated carbocycles. The van der Waals surface area contributed by atoms with Gasteiger partial charge in [0.25, 0.3) is 0 Å². The van der Waals surface area contributed by atoms with Crippen molar-refractivity contribution in [2.45, 2.75) is 36.9 Å². The molecule has 1 aromatic carbocycles. The number of nitrogens with one attached hydrogen (secondary N) is 1. The predicted octanol–water partition coefficient (Wildman–Crippen LogP) is 5.29. The Kier molecular flexibility index (Phi) is 6.94. The number of thiophene rings is 1. The number of aromatic nitrogens is 3. The molecule has 0 radical (unpaired) electrons. The number of ether oxygens (including phenoxy) is 1. The molecule has 0 spiro atoms. The van der Waals surface area contributed by atoms with Gasteiger partial charge in [-0.15, -0.1) is 21.5 Å². The third-order valence-corrected chi connectivity index (χ3v) is 7.28. The van der Waals surface area contributed by atoms with Crippen molar-refractivity contribution in [3.8, 4) is 11.4 Å². The van der Waals surface area contributed by atoms with E-state index >= 15 is 0 Å². The number of nitrogens with zero attached hydrogens (tertiary/aromatic N) is 3. The van der Waals surface area contributed by atoms with E-state index in [0.717, 1.165) is 37.1 Å².